The Labute approximate surface area is 107 Å². The fraction of sp³-hybridized carbons (Fsp3) is 0.750. The minimum absolute atomic E-state index is 0.0838. The number of rotatable bonds is 2. The van der Waals surface area contributed by atoms with Crippen molar-refractivity contribution < 1.29 is 4.79 Å². The third-order valence-electron chi connectivity index (χ3n) is 3.27. The van der Waals surface area contributed by atoms with E-state index in [1.807, 2.05) is 27.8 Å². The first kappa shape index (κ1) is 13.0. The van der Waals surface area contributed by atoms with Gasteiger partial charge in [-0.2, -0.15) is 0 Å². The maximum atomic E-state index is 12.2. The van der Waals surface area contributed by atoms with Crippen molar-refractivity contribution in [3.8, 4) is 0 Å². The molecule has 0 aliphatic carbocycles. The predicted molar refractivity (Wildman–Crippen MR) is 68.5 cm³/mol. The fourth-order valence-corrected chi connectivity index (χ4v) is 2.01. The molecule has 0 spiro atoms. The van der Waals surface area contributed by atoms with Crippen molar-refractivity contribution in [2.75, 3.05) is 20.1 Å². The van der Waals surface area contributed by atoms with Crippen molar-refractivity contribution in [1.82, 2.24) is 25.4 Å². The average molecular weight is 251 g/mol. The van der Waals surface area contributed by atoms with Crippen molar-refractivity contribution in [1.29, 1.82) is 0 Å². The molecular weight excluding hydrogens is 230 g/mol. The monoisotopic (exact) mass is 251 g/mol. The summed E-state index contributed by atoms with van der Waals surface area (Å²) in [6.07, 6.45) is 0.985. The van der Waals surface area contributed by atoms with Crippen LogP contribution < -0.4 is 5.32 Å². The largest absolute Gasteiger partial charge is 0.334 e. The van der Waals surface area contributed by atoms with E-state index in [1.54, 1.807) is 4.90 Å². The summed E-state index contributed by atoms with van der Waals surface area (Å²) < 4.78 is 0. The van der Waals surface area contributed by atoms with E-state index in [9.17, 15) is 4.79 Å². The Morgan fingerprint density at radius 3 is 2.72 bits per heavy atom. The van der Waals surface area contributed by atoms with Gasteiger partial charge in [0.1, 0.15) is 5.82 Å². The maximum Gasteiger partial charge on any atom is 0.293 e. The summed E-state index contributed by atoms with van der Waals surface area (Å²) in [6.45, 7) is 7.61. The Bertz CT molecular complexity index is 434. The molecule has 2 N–H and O–H groups in total. The Kier molecular flexibility index (Phi) is 3.38. The number of hydrogen-bond donors (Lipinski definition) is 2. The number of aromatic nitrogens is 3. The molecule has 0 saturated carbocycles. The second-order valence-corrected chi connectivity index (χ2v) is 5.78. The van der Waals surface area contributed by atoms with Gasteiger partial charge in [0, 0.05) is 24.5 Å². The predicted octanol–water partition coefficient (Wildman–Crippen LogP) is 0.536. The molecule has 18 heavy (non-hydrogen) atoms. The molecule has 2 rings (SSSR count). The van der Waals surface area contributed by atoms with Crippen LogP contribution in [0.25, 0.3) is 0 Å². The highest BCUT2D eigenvalue weighted by atomic mass is 16.2. The number of aromatic amines is 1. The van der Waals surface area contributed by atoms with Gasteiger partial charge >= 0.3 is 0 Å². The number of H-pyrrole nitrogens is 1. The lowest BCUT2D eigenvalue weighted by Gasteiger charge is -2.14. The fourth-order valence-electron chi connectivity index (χ4n) is 2.01. The second-order valence-electron chi connectivity index (χ2n) is 5.78. The van der Waals surface area contributed by atoms with Crippen molar-refractivity contribution in [2.24, 2.45) is 0 Å². The Balaban J connectivity index is 2.08. The normalized spacial score (nSPS) is 20.4. The van der Waals surface area contributed by atoms with E-state index < -0.39 is 0 Å². The minimum atomic E-state index is -0.121. The lowest BCUT2D eigenvalue weighted by atomic mass is 9.96. The van der Waals surface area contributed by atoms with Crippen LogP contribution in [-0.4, -0.2) is 52.2 Å². The number of likely N-dealkylation sites (tertiary alicyclic amines) is 1. The number of likely N-dealkylation sites (N-methyl/N-ethyl adjacent to an activating group) is 1. The number of carbonyl (C=O) groups is 1. The molecule has 6 heteroatoms. The van der Waals surface area contributed by atoms with Gasteiger partial charge in [0.25, 0.3) is 5.91 Å². The zero-order valence-electron chi connectivity index (χ0n) is 11.4. The molecule has 0 bridgehead atoms. The Morgan fingerprint density at radius 2 is 2.22 bits per heavy atom. The van der Waals surface area contributed by atoms with Gasteiger partial charge in [0.05, 0.1) is 0 Å². The summed E-state index contributed by atoms with van der Waals surface area (Å²) in [5.41, 5.74) is -0.121. The molecule has 0 aromatic carbocycles. The third kappa shape index (κ3) is 2.53. The van der Waals surface area contributed by atoms with Gasteiger partial charge in [0.15, 0.2) is 0 Å². The molecule has 1 amide bonds. The van der Waals surface area contributed by atoms with Crippen LogP contribution in [0.5, 0.6) is 0 Å². The van der Waals surface area contributed by atoms with E-state index in [2.05, 4.69) is 20.5 Å². The first-order chi connectivity index (χ1) is 8.41. The van der Waals surface area contributed by atoms with Crippen molar-refractivity contribution in [3.05, 3.63) is 11.6 Å². The van der Waals surface area contributed by atoms with Gasteiger partial charge in [-0.3, -0.25) is 9.89 Å². The summed E-state index contributed by atoms with van der Waals surface area (Å²) in [6, 6.07) is 0.384. The molecule has 100 valence electrons. The summed E-state index contributed by atoms with van der Waals surface area (Å²) in [5, 5.41) is 10.1. The zero-order valence-corrected chi connectivity index (χ0v) is 11.4. The van der Waals surface area contributed by atoms with Crippen LogP contribution in [0.3, 0.4) is 0 Å². The molecular formula is C12H21N5O. The molecule has 1 saturated heterocycles. The van der Waals surface area contributed by atoms with E-state index in [0.717, 1.165) is 25.3 Å². The summed E-state index contributed by atoms with van der Waals surface area (Å²) in [4.78, 5) is 18.3. The van der Waals surface area contributed by atoms with Crippen LogP contribution in [0.15, 0.2) is 0 Å². The highest BCUT2D eigenvalue weighted by Crippen LogP contribution is 2.18. The highest BCUT2D eigenvalue weighted by molar-refractivity contribution is 5.90. The summed E-state index contributed by atoms with van der Waals surface area (Å²) >= 11 is 0. The van der Waals surface area contributed by atoms with Crippen LogP contribution in [0.1, 0.15) is 43.6 Å². The average Bonchev–Trinajstić information content (AvgIpc) is 2.96. The summed E-state index contributed by atoms with van der Waals surface area (Å²) in [5.74, 6) is 0.936. The minimum Gasteiger partial charge on any atom is -0.334 e. The molecule has 0 radical (unpaired) electrons. The van der Waals surface area contributed by atoms with Crippen LogP contribution in [0, 0.1) is 0 Å². The SMILES string of the molecule is CNC1CCN(C(=O)c2n[nH]c(C(C)(C)C)n2)C1. The Hall–Kier alpha value is -1.43. The second kappa shape index (κ2) is 4.68. The van der Waals surface area contributed by atoms with E-state index in [0.29, 0.717) is 6.04 Å². The standard InChI is InChI=1S/C12H21N5O/c1-12(2,3)11-14-9(15-16-11)10(18)17-6-5-8(7-17)13-4/h8,13H,5-7H2,1-4H3,(H,14,15,16). The van der Waals surface area contributed by atoms with Crippen LogP contribution in [0.2, 0.25) is 0 Å². The van der Waals surface area contributed by atoms with E-state index >= 15 is 0 Å². The van der Waals surface area contributed by atoms with Gasteiger partial charge in [-0.25, -0.2) is 4.98 Å². The van der Waals surface area contributed by atoms with Crippen molar-refractivity contribution in [2.45, 2.75) is 38.6 Å². The first-order valence-electron chi connectivity index (χ1n) is 6.31. The molecule has 1 aliphatic heterocycles. The number of amides is 1. The topological polar surface area (TPSA) is 73.9 Å². The van der Waals surface area contributed by atoms with Crippen molar-refractivity contribution >= 4 is 5.91 Å². The maximum absolute atomic E-state index is 12.2. The van der Waals surface area contributed by atoms with Crippen LogP contribution >= 0.6 is 0 Å². The van der Waals surface area contributed by atoms with E-state index in [-0.39, 0.29) is 17.1 Å². The van der Waals surface area contributed by atoms with E-state index in [4.69, 9.17) is 0 Å². The molecule has 6 nitrogen and oxygen atoms in total. The third-order valence-corrected chi connectivity index (χ3v) is 3.27. The molecule has 2 heterocycles. The van der Waals surface area contributed by atoms with Gasteiger partial charge < -0.3 is 10.2 Å². The first-order valence-corrected chi connectivity index (χ1v) is 6.31. The molecule has 1 aromatic rings. The Morgan fingerprint density at radius 1 is 1.50 bits per heavy atom. The highest BCUT2D eigenvalue weighted by Gasteiger charge is 2.29. The van der Waals surface area contributed by atoms with Crippen LogP contribution in [-0.2, 0) is 5.41 Å². The molecule has 1 fully saturated rings. The van der Waals surface area contributed by atoms with Crippen LogP contribution in [0.4, 0.5) is 0 Å². The molecule has 1 atom stereocenters. The lowest BCUT2D eigenvalue weighted by molar-refractivity contribution is 0.0778. The van der Waals surface area contributed by atoms with Gasteiger partial charge in [0.2, 0.25) is 5.82 Å². The number of carbonyl (C=O) groups excluding carboxylic acids is 1. The smallest absolute Gasteiger partial charge is 0.293 e. The number of nitrogens with one attached hydrogen (secondary N) is 2. The lowest BCUT2D eigenvalue weighted by Crippen LogP contribution is -2.34. The summed E-state index contributed by atoms with van der Waals surface area (Å²) in [7, 11) is 1.92. The number of hydrogen-bond acceptors (Lipinski definition) is 4. The van der Waals surface area contributed by atoms with E-state index in [1.165, 1.54) is 0 Å². The van der Waals surface area contributed by atoms with Gasteiger partial charge in [-0.05, 0) is 13.5 Å². The molecule has 1 aromatic heterocycles. The quantitative estimate of drug-likeness (QED) is 0.804. The number of nitrogens with zero attached hydrogens (tertiary/aromatic N) is 3. The van der Waals surface area contributed by atoms with Crippen molar-refractivity contribution in [3.63, 3.8) is 0 Å². The van der Waals surface area contributed by atoms with Gasteiger partial charge in [-0.15, -0.1) is 5.10 Å². The molecule has 1 aliphatic rings. The molecule has 1 unspecified atom stereocenters. The zero-order chi connectivity index (χ0) is 13.3. The van der Waals surface area contributed by atoms with Gasteiger partial charge in [-0.1, -0.05) is 20.8 Å².